The first kappa shape index (κ1) is 23.2. The van der Waals surface area contributed by atoms with E-state index in [0.29, 0.717) is 0 Å². The monoisotopic (exact) mass is 474 g/mol. The molecule has 1 aliphatic rings. The van der Waals surface area contributed by atoms with E-state index < -0.39 is 34.4 Å². The molecule has 1 saturated heterocycles. The number of carbonyl (C=O) groups excluding carboxylic acids is 1. The SMILES string of the molecule is O=C(N[C@@H](c1cccc(-c2cccnc2)c1)C1CCCCN1)c1nccc(C(F)(F)F)c1Cl. The van der Waals surface area contributed by atoms with Crippen molar-refractivity contribution in [1.82, 2.24) is 20.6 Å². The molecule has 9 heteroatoms. The lowest BCUT2D eigenvalue weighted by Gasteiger charge is -2.32. The number of amides is 1. The van der Waals surface area contributed by atoms with Crippen LogP contribution in [-0.4, -0.2) is 28.5 Å². The van der Waals surface area contributed by atoms with Crippen molar-refractivity contribution in [3.05, 3.63) is 82.9 Å². The number of piperidine rings is 1. The molecule has 3 heterocycles. The number of halogens is 4. The number of benzene rings is 1. The van der Waals surface area contributed by atoms with Crippen molar-refractivity contribution in [3.63, 3.8) is 0 Å². The average Bonchev–Trinajstić information content (AvgIpc) is 2.83. The molecule has 0 bridgehead atoms. The summed E-state index contributed by atoms with van der Waals surface area (Å²) >= 11 is 5.94. The smallest absolute Gasteiger partial charge is 0.342 e. The molecule has 1 fully saturated rings. The predicted molar refractivity (Wildman–Crippen MR) is 120 cm³/mol. The molecule has 0 saturated carbocycles. The first-order chi connectivity index (χ1) is 15.8. The molecule has 1 unspecified atom stereocenters. The Labute approximate surface area is 194 Å². The second-order valence-electron chi connectivity index (χ2n) is 7.89. The number of hydrogen-bond donors (Lipinski definition) is 2. The second kappa shape index (κ2) is 9.89. The summed E-state index contributed by atoms with van der Waals surface area (Å²) in [6.45, 7) is 0.794. The number of pyridine rings is 2. The van der Waals surface area contributed by atoms with Crippen LogP contribution in [0.1, 0.15) is 46.9 Å². The Balaban J connectivity index is 1.68. The van der Waals surface area contributed by atoms with Crippen LogP contribution in [0.5, 0.6) is 0 Å². The third kappa shape index (κ3) is 5.34. The first-order valence-electron chi connectivity index (χ1n) is 10.6. The molecule has 4 rings (SSSR count). The van der Waals surface area contributed by atoms with E-state index in [1.54, 1.807) is 12.4 Å². The highest BCUT2D eigenvalue weighted by Gasteiger charge is 2.36. The standard InChI is InChI=1S/C24H22ClF3N4O/c25-20-18(24(26,27)28)9-12-31-22(20)23(33)32-21(19-8-1-2-11-30-19)16-6-3-5-15(13-16)17-7-4-10-29-14-17/h3-7,9-10,12-14,19,21,30H,1-2,8,11H2,(H,32,33)/t19?,21-/m0/s1. The van der Waals surface area contributed by atoms with Crippen LogP contribution in [0.15, 0.2) is 61.1 Å². The highest BCUT2D eigenvalue weighted by molar-refractivity contribution is 6.34. The predicted octanol–water partition coefficient (Wildman–Crippen LogP) is 5.43. The molecule has 2 aromatic heterocycles. The summed E-state index contributed by atoms with van der Waals surface area (Å²) in [5, 5.41) is 5.60. The van der Waals surface area contributed by atoms with Gasteiger partial charge in [0.15, 0.2) is 0 Å². The molecule has 172 valence electrons. The topological polar surface area (TPSA) is 66.9 Å². The van der Waals surface area contributed by atoms with Crippen molar-refractivity contribution >= 4 is 17.5 Å². The highest BCUT2D eigenvalue weighted by atomic mass is 35.5. The van der Waals surface area contributed by atoms with Gasteiger partial charge in [-0.1, -0.05) is 42.3 Å². The molecular formula is C24H22ClF3N4O. The average molecular weight is 475 g/mol. The van der Waals surface area contributed by atoms with E-state index in [9.17, 15) is 18.0 Å². The first-order valence-corrected chi connectivity index (χ1v) is 11.0. The Morgan fingerprint density at radius 1 is 1.12 bits per heavy atom. The fourth-order valence-electron chi connectivity index (χ4n) is 4.06. The van der Waals surface area contributed by atoms with Gasteiger partial charge >= 0.3 is 6.18 Å². The number of hydrogen-bond acceptors (Lipinski definition) is 4. The third-order valence-corrected chi connectivity index (χ3v) is 6.07. The molecule has 0 aliphatic carbocycles. The molecular weight excluding hydrogens is 453 g/mol. The van der Waals surface area contributed by atoms with Crippen LogP contribution in [0.3, 0.4) is 0 Å². The number of nitrogens with zero attached hydrogens (tertiary/aromatic N) is 2. The lowest BCUT2D eigenvalue weighted by molar-refractivity contribution is -0.137. The zero-order chi connectivity index (χ0) is 23.4. The maximum Gasteiger partial charge on any atom is 0.417 e. The molecule has 1 aromatic carbocycles. The van der Waals surface area contributed by atoms with Crippen molar-refractivity contribution in [2.45, 2.75) is 37.5 Å². The van der Waals surface area contributed by atoms with E-state index in [4.69, 9.17) is 11.6 Å². The van der Waals surface area contributed by atoms with Crippen molar-refractivity contribution in [3.8, 4) is 11.1 Å². The van der Waals surface area contributed by atoms with Gasteiger partial charge in [-0.2, -0.15) is 13.2 Å². The summed E-state index contributed by atoms with van der Waals surface area (Å²) in [4.78, 5) is 21.1. The van der Waals surface area contributed by atoms with Crippen molar-refractivity contribution < 1.29 is 18.0 Å². The van der Waals surface area contributed by atoms with Crippen LogP contribution in [-0.2, 0) is 6.18 Å². The fraction of sp³-hybridized carbons (Fsp3) is 0.292. The molecule has 0 radical (unpaired) electrons. The van der Waals surface area contributed by atoms with Gasteiger partial charge in [0.25, 0.3) is 5.91 Å². The Hall–Kier alpha value is -2.97. The summed E-state index contributed by atoms with van der Waals surface area (Å²) < 4.78 is 39.8. The lowest BCUT2D eigenvalue weighted by Crippen LogP contribution is -2.46. The molecule has 1 aliphatic heterocycles. The Bertz CT molecular complexity index is 1120. The van der Waals surface area contributed by atoms with Crippen LogP contribution < -0.4 is 10.6 Å². The van der Waals surface area contributed by atoms with E-state index in [0.717, 1.165) is 54.8 Å². The van der Waals surface area contributed by atoms with Gasteiger partial charge in [-0.05, 0) is 54.3 Å². The zero-order valence-electron chi connectivity index (χ0n) is 17.6. The van der Waals surface area contributed by atoms with Gasteiger partial charge in [0.05, 0.1) is 16.6 Å². The van der Waals surface area contributed by atoms with E-state index in [-0.39, 0.29) is 6.04 Å². The van der Waals surface area contributed by atoms with Crippen molar-refractivity contribution in [1.29, 1.82) is 0 Å². The van der Waals surface area contributed by atoms with E-state index in [2.05, 4.69) is 20.6 Å². The Morgan fingerprint density at radius 2 is 1.94 bits per heavy atom. The number of carbonyl (C=O) groups is 1. The quantitative estimate of drug-likeness (QED) is 0.517. The summed E-state index contributed by atoms with van der Waals surface area (Å²) in [6, 6.07) is 11.6. The van der Waals surface area contributed by atoms with Crippen molar-refractivity contribution in [2.75, 3.05) is 6.54 Å². The van der Waals surface area contributed by atoms with Crippen LogP contribution in [0, 0.1) is 0 Å². The molecule has 2 N–H and O–H groups in total. The molecule has 3 aromatic rings. The summed E-state index contributed by atoms with van der Waals surface area (Å²) in [5.41, 5.74) is 1.13. The Morgan fingerprint density at radius 3 is 2.64 bits per heavy atom. The maximum absolute atomic E-state index is 13.3. The van der Waals surface area contributed by atoms with Crippen LogP contribution >= 0.6 is 11.6 Å². The van der Waals surface area contributed by atoms with E-state index in [1.165, 1.54) is 0 Å². The second-order valence-corrected chi connectivity index (χ2v) is 8.27. The molecule has 0 spiro atoms. The number of alkyl halides is 3. The van der Waals surface area contributed by atoms with Gasteiger partial charge in [0.1, 0.15) is 5.69 Å². The number of aromatic nitrogens is 2. The van der Waals surface area contributed by atoms with Gasteiger partial charge in [-0.15, -0.1) is 0 Å². The molecule has 2 atom stereocenters. The fourth-order valence-corrected chi connectivity index (χ4v) is 4.36. The zero-order valence-corrected chi connectivity index (χ0v) is 18.3. The number of rotatable bonds is 5. The van der Waals surface area contributed by atoms with Crippen molar-refractivity contribution in [2.24, 2.45) is 0 Å². The van der Waals surface area contributed by atoms with E-state index >= 15 is 0 Å². The largest absolute Gasteiger partial charge is 0.417 e. The van der Waals surface area contributed by atoms with Crippen LogP contribution in [0.2, 0.25) is 5.02 Å². The minimum absolute atomic E-state index is 0.0866. The highest BCUT2D eigenvalue weighted by Crippen LogP contribution is 2.36. The minimum Gasteiger partial charge on any atom is -0.342 e. The maximum atomic E-state index is 13.3. The summed E-state index contributed by atoms with van der Waals surface area (Å²) in [5.74, 6) is -0.754. The summed E-state index contributed by atoms with van der Waals surface area (Å²) in [6.07, 6.45) is 2.51. The van der Waals surface area contributed by atoms with Gasteiger partial charge in [-0.3, -0.25) is 9.78 Å². The van der Waals surface area contributed by atoms with Crippen LogP contribution in [0.4, 0.5) is 13.2 Å². The van der Waals surface area contributed by atoms with Gasteiger partial charge in [0.2, 0.25) is 0 Å². The minimum atomic E-state index is -4.68. The van der Waals surface area contributed by atoms with Gasteiger partial charge in [-0.25, -0.2) is 4.98 Å². The van der Waals surface area contributed by atoms with Crippen LogP contribution in [0.25, 0.3) is 11.1 Å². The molecule has 33 heavy (non-hydrogen) atoms. The molecule has 5 nitrogen and oxygen atoms in total. The third-order valence-electron chi connectivity index (χ3n) is 5.69. The molecule has 1 amide bonds. The van der Waals surface area contributed by atoms with Gasteiger partial charge < -0.3 is 10.6 Å². The number of nitrogens with one attached hydrogen (secondary N) is 2. The van der Waals surface area contributed by atoms with E-state index in [1.807, 2.05) is 36.4 Å². The summed E-state index contributed by atoms with van der Waals surface area (Å²) in [7, 11) is 0. The Kier molecular flexibility index (Phi) is 6.95. The lowest BCUT2D eigenvalue weighted by atomic mass is 9.91. The van der Waals surface area contributed by atoms with Gasteiger partial charge in [0, 0.05) is 24.6 Å². The normalized spacial score (nSPS) is 17.4.